The molecule has 12 heteroatoms. The highest BCUT2D eigenvalue weighted by molar-refractivity contribution is 6.34. The van der Waals surface area contributed by atoms with Gasteiger partial charge in [-0.3, -0.25) is 14.4 Å². The molecule has 11 nitrogen and oxygen atoms in total. The van der Waals surface area contributed by atoms with Crippen LogP contribution >= 0.6 is 11.6 Å². The number of aryl methyl sites for hydroxylation is 1. The van der Waals surface area contributed by atoms with Gasteiger partial charge in [0.15, 0.2) is 17.4 Å². The summed E-state index contributed by atoms with van der Waals surface area (Å²) in [6.45, 7) is 6.67. The van der Waals surface area contributed by atoms with E-state index in [9.17, 15) is 24.0 Å². The van der Waals surface area contributed by atoms with E-state index in [2.05, 4.69) is 17.4 Å². The number of carbonyl (C=O) groups is 5. The van der Waals surface area contributed by atoms with Gasteiger partial charge in [0.25, 0.3) is 11.8 Å². The van der Waals surface area contributed by atoms with Gasteiger partial charge in [-0.1, -0.05) is 112 Å². The van der Waals surface area contributed by atoms with E-state index in [4.69, 9.17) is 25.6 Å². The van der Waals surface area contributed by atoms with Crippen molar-refractivity contribution in [3.63, 3.8) is 0 Å². The molecular formula is C37H44ClN3O8. The van der Waals surface area contributed by atoms with E-state index in [1.54, 1.807) is 30.3 Å². The fourth-order valence-electron chi connectivity index (χ4n) is 5.63. The summed E-state index contributed by atoms with van der Waals surface area (Å²) >= 11 is 6.40. The lowest BCUT2D eigenvalue weighted by atomic mass is 9.96. The molecule has 1 unspecified atom stereocenters. The molecule has 1 atom stereocenters. The average molecular weight is 694 g/mol. The second-order valence-electron chi connectivity index (χ2n) is 12.7. The highest BCUT2D eigenvalue weighted by Gasteiger charge is 2.54. The molecule has 1 aromatic heterocycles. The van der Waals surface area contributed by atoms with Gasteiger partial charge < -0.3 is 19.3 Å². The van der Waals surface area contributed by atoms with Gasteiger partial charge in [0.05, 0.1) is 34.1 Å². The molecule has 2 aromatic carbocycles. The number of ether oxygens (including phenoxy) is 2. The molecule has 0 aliphatic carbocycles. The van der Waals surface area contributed by atoms with Crippen LogP contribution in [0.1, 0.15) is 111 Å². The van der Waals surface area contributed by atoms with Gasteiger partial charge in [-0.25, -0.2) is 14.5 Å². The number of nitrogens with one attached hydrogen (secondary N) is 1. The molecule has 0 saturated carbocycles. The van der Waals surface area contributed by atoms with E-state index in [0.717, 1.165) is 25.7 Å². The number of Topliss-reactive ketones (excluding diaryl/α,β-unsaturated/α-hetero) is 1. The summed E-state index contributed by atoms with van der Waals surface area (Å²) in [5, 5.41) is 6.50. The van der Waals surface area contributed by atoms with Crippen molar-refractivity contribution in [3.05, 3.63) is 70.4 Å². The number of esters is 1. The Morgan fingerprint density at radius 3 is 2.18 bits per heavy atom. The van der Waals surface area contributed by atoms with Crippen molar-refractivity contribution in [1.82, 2.24) is 10.1 Å². The third-order valence-corrected chi connectivity index (χ3v) is 8.69. The van der Waals surface area contributed by atoms with Crippen molar-refractivity contribution in [1.29, 1.82) is 0 Å². The fourth-order valence-corrected chi connectivity index (χ4v) is 5.80. The van der Waals surface area contributed by atoms with Crippen LogP contribution in [0.2, 0.25) is 5.02 Å². The molecule has 0 radical (unpaired) electrons. The Balaban J connectivity index is 1.47. The van der Waals surface area contributed by atoms with Gasteiger partial charge in [-0.15, -0.1) is 0 Å². The number of anilines is 1. The number of halogens is 1. The largest absolute Gasteiger partial charge is 0.462 e. The SMILES string of the molecule is CCCCCCCCCCCCOC(=O)c1ccc(Cl)c(NC(=O)C(C(=O)c2c(C)noc2-c2ccccc2)N2C(=O)OC(C)(C)C2=O)c1. The smallest absolute Gasteiger partial charge is 0.418 e. The fraction of sp³-hybridized carbons (Fsp3) is 0.459. The summed E-state index contributed by atoms with van der Waals surface area (Å²) in [5.74, 6) is -3.43. The summed E-state index contributed by atoms with van der Waals surface area (Å²) < 4.78 is 16.1. The van der Waals surface area contributed by atoms with Gasteiger partial charge in [0, 0.05) is 5.56 Å². The lowest BCUT2D eigenvalue weighted by Crippen LogP contribution is -2.53. The van der Waals surface area contributed by atoms with Gasteiger partial charge >= 0.3 is 12.1 Å². The monoisotopic (exact) mass is 693 g/mol. The number of unbranched alkanes of at least 4 members (excludes halogenated alkanes) is 9. The Morgan fingerprint density at radius 1 is 0.939 bits per heavy atom. The molecule has 1 fully saturated rings. The minimum atomic E-state index is -2.02. The molecular weight excluding hydrogens is 650 g/mol. The lowest BCUT2D eigenvalue weighted by molar-refractivity contribution is -0.137. The van der Waals surface area contributed by atoms with Crippen LogP contribution in [0.3, 0.4) is 0 Å². The average Bonchev–Trinajstić information content (AvgIpc) is 3.56. The zero-order chi connectivity index (χ0) is 35.6. The van der Waals surface area contributed by atoms with Crippen molar-refractivity contribution in [2.75, 3.05) is 11.9 Å². The topological polar surface area (TPSA) is 145 Å². The Hall–Kier alpha value is -4.51. The Kier molecular flexibility index (Phi) is 13.1. The third-order valence-electron chi connectivity index (χ3n) is 8.36. The molecule has 49 heavy (non-hydrogen) atoms. The maximum absolute atomic E-state index is 14.2. The summed E-state index contributed by atoms with van der Waals surface area (Å²) in [7, 11) is 0. The summed E-state index contributed by atoms with van der Waals surface area (Å²) in [4.78, 5) is 67.8. The number of aromatic nitrogens is 1. The van der Waals surface area contributed by atoms with Crippen LogP contribution in [0.15, 0.2) is 53.1 Å². The number of rotatable bonds is 18. The van der Waals surface area contributed by atoms with E-state index >= 15 is 0 Å². The first-order valence-corrected chi connectivity index (χ1v) is 17.2. The first-order chi connectivity index (χ1) is 23.5. The van der Waals surface area contributed by atoms with E-state index in [1.807, 2.05) is 0 Å². The standard InChI is InChI=1S/C37H44ClN3O8/c1-5-6-7-8-9-10-11-12-13-17-22-47-34(44)26-20-21-27(38)28(23-26)39-33(43)30(41-35(45)37(3,4)48-36(41)46)31(42)29-24(2)40-49-32(29)25-18-15-14-16-19-25/h14-16,18-21,23,30H,5-13,17,22H2,1-4H3,(H,39,43). The van der Waals surface area contributed by atoms with E-state index < -0.39 is 41.3 Å². The number of nitrogens with zero attached hydrogens (tertiary/aromatic N) is 2. The van der Waals surface area contributed by atoms with Crippen LogP contribution in [0.5, 0.6) is 0 Å². The predicted molar refractivity (Wildman–Crippen MR) is 184 cm³/mol. The molecule has 3 amide bonds. The normalized spacial score (nSPS) is 14.4. The molecule has 0 bridgehead atoms. The molecule has 1 aliphatic rings. The molecule has 1 aliphatic heterocycles. The van der Waals surface area contributed by atoms with Crippen molar-refractivity contribution in [2.24, 2.45) is 0 Å². The molecule has 262 valence electrons. The number of imide groups is 1. The minimum Gasteiger partial charge on any atom is -0.462 e. The summed E-state index contributed by atoms with van der Waals surface area (Å²) in [6, 6.07) is 10.8. The van der Waals surface area contributed by atoms with Crippen molar-refractivity contribution < 1.29 is 38.0 Å². The van der Waals surface area contributed by atoms with Gasteiger partial charge in [-0.2, -0.15) is 0 Å². The first-order valence-electron chi connectivity index (χ1n) is 16.9. The third kappa shape index (κ3) is 9.35. The number of cyclic esters (lactones) is 1. The van der Waals surface area contributed by atoms with E-state index in [1.165, 1.54) is 77.5 Å². The maximum Gasteiger partial charge on any atom is 0.418 e. The minimum absolute atomic E-state index is 0.0255. The Morgan fingerprint density at radius 2 is 1.57 bits per heavy atom. The molecule has 0 spiro atoms. The predicted octanol–water partition coefficient (Wildman–Crippen LogP) is 8.33. The summed E-state index contributed by atoms with van der Waals surface area (Å²) in [5.41, 5.74) is -0.986. The number of hydrogen-bond donors (Lipinski definition) is 1. The molecule has 2 heterocycles. The van der Waals surface area contributed by atoms with Crippen LogP contribution in [-0.2, 0) is 19.1 Å². The van der Waals surface area contributed by atoms with Gasteiger partial charge in [-0.05, 0) is 45.4 Å². The van der Waals surface area contributed by atoms with Gasteiger partial charge in [0.2, 0.25) is 5.78 Å². The number of amides is 3. The number of carbonyl (C=O) groups excluding carboxylic acids is 5. The van der Waals surface area contributed by atoms with Crippen LogP contribution < -0.4 is 5.32 Å². The number of ketones is 1. The van der Waals surface area contributed by atoms with Crippen molar-refractivity contribution in [2.45, 2.75) is 104 Å². The van der Waals surface area contributed by atoms with Crippen molar-refractivity contribution in [3.8, 4) is 11.3 Å². The zero-order valence-corrected chi connectivity index (χ0v) is 29.3. The first kappa shape index (κ1) is 37.3. The lowest BCUT2D eigenvalue weighted by Gasteiger charge is -2.23. The van der Waals surface area contributed by atoms with E-state index in [-0.39, 0.29) is 39.9 Å². The van der Waals surface area contributed by atoms with Crippen LogP contribution in [0.25, 0.3) is 11.3 Å². The maximum atomic E-state index is 14.2. The van der Waals surface area contributed by atoms with E-state index in [0.29, 0.717) is 10.5 Å². The Bertz CT molecular complexity index is 1650. The number of benzene rings is 2. The summed E-state index contributed by atoms with van der Waals surface area (Å²) in [6.07, 6.45) is 10.3. The number of hydrogen-bond acceptors (Lipinski definition) is 9. The van der Waals surface area contributed by atoms with Crippen LogP contribution in [-0.4, -0.2) is 58.0 Å². The highest BCUT2D eigenvalue weighted by atomic mass is 35.5. The molecule has 1 N–H and O–H groups in total. The van der Waals surface area contributed by atoms with Gasteiger partial charge in [0.1, 0.15) is 0 Å². The second kappa shape index (κ2) is 17.2. The van der Waals surface area contributed by atoms with Crippen molar-refractivity contribution >= 4 is 46.9 Å². The Labute approximate surface area is 291 Å². The molecule has 4 rings (SSSR count). The zero-order valence-electron chi connectivity index (χ0n) is 28.5. The quantitative estimate of drug-likeness (QED) is 0.0601. The molecule has 1 saturated heterocycles. The van der Waals surface area contributed by atoms with Crippen LogP contribution in [0, 0.1) is 6.92 Å². The highest BCUT2D eigenvalue weighted by Crippen LogP contribution is 2.33. The second-order valence-corrected chi connectivity index (χ2v) is 13.1. The molecule has 3 aromatic rings. The van der Waals surface area contributed by atoms with Crippen LogP contribution in [0.4, 0.5) is 10.5 Å².